The molecule has 140 valence electrons. The number of carbonyl (C=O) groups excluding carboxylic acids is 1. The molecule has 0 bridgehead atoms. The summed E-state index contributed by atoms with van der Waals surface area (Å²) in [6.07, 6.45) is -4.58. The molecule has 0 saturated carbocycles. The molecule has 1 aliphatic rings. The van der Waals surface area contributed by atoms with Gasteiger partial charge in [-0.25, -0.2) is 5.01 Å². The van der Waals surface area contributed by atoms with Crippen molar-refractivity contribution in [3.05, 3.63) is 42.0 Å². The molecule has 26 heavy (non-hydrogen) atoms. The van der Waals surface area contributed by atoms with Crippen molar-refractivity contribution in [3.63, 3.8) is 0 Å². The van der Waals surface area contributed by atoms with Gasteiger partial charge in [0.15, 0.2) is 6.04 Å². The van der Waals surface area contributed by atoms with E-state index in [0.717, 1.165) is 10.4 Å². The summed E-state index contributed by atoms with van der Waals surface area (Å²) in [4.78, 5) is 12.0. The Morgan fingerprint density at radius 3 is 2.35 bits per heavy atom. The van der Waals surface area contributed by atoms with Crippen LogP contribution in [-0.2, 0) is 4.79 Å². The molecule has 1 unspecified atom stereocenters. The fourth-order valence-corrected chi connectivity index (χ4v) is 3.23. The van der Waals surface area contributed by atoms with E-state index in [1.54, 1.807) is 39.0 Å². The van der Waals surface area contributed by atoms with E-state index in [9.17, 15) is 18.0 Å². The molecule has 1 saturated heterocycles. The van der Waals surface area contributed by atoms with Gasteiger partial charge in [0, 0.05) is 12.1 Å². The lowest BCUT2D eigenvalue weighted by molar-refractivity contribution is -0.192. The largest absolute Gasteiger partial charge is 0.494 e. The molecule has 3 rings (SSSR count). The van der Waals surface area contributed by atoms with Crippen molar-refractivity contribution in [2.75, 3.05) is 13.2 Å². The van der Waals surface area contributed by atoms with E-state index in [4.69, 9.17) is 4.74 Å². The number of nitrogens with one attached hydrogen (secondary N) is 1. The zero-order chi connectivity index (χ0) is 19.1. The summed E-state index contributed by atoms with van der Waals surface area (Å²) >= 11 is 0. The quantitative estimate of drug-likeness (QED) is 0.881. The Hall–Kier alpha value is -2.28. The van der Waals surface area contributed by atoms with Gasteiger partial charge in [-0.2, -0.15) is 13.2 Å². The van der Waals surface area contributed by atoms with Gasteiger partial charge in [0.25, 0.3) is 0 Å². The minimum Gasteiger partial charge on any atom is -0.494 e. The third kappa shape index (κ3) is 3.35. The molecular formula is C19H21F3N2O2. The first-order valence-corrected chi connectivity index (χ1v) is 8.43. The summed E-state index contributed by atoms with van der Waals surface area (Å²) in [7, 11) is 0. The van der Waals surface area contributed by atoms with Gasteiger partial charge in [-0.3, -0.25) is 10.2 Å². The minimum atomic E-state index is -4.58. The molecule has 2 aromatic carbocycles. The lowest BCUT2D eigenvalue weighted by Crippen LogP contribution is -2.43. The number of benzene rings is 2. The van der Waals surface area contributed by atoms with Gasteiger partial charge in [-0.1, -0.05) is 24.3 Å². The molecule has 0 radical (unpaired) electrons. The van der Waals surface area contributed by atoms with E-state index in [1.165, 1.54) is 6.07 Å². The number of rotatable bonds is 4. The Labute approximate surface area is 149 Å². The molecule has 4 nitrogen and oxygen atoms in total. The van der Waals surface area contributed by atoms with Crippen molar-refractivity contribution in [3.8, 4) is 5.75 Å². The highest BCUT2D eigenvalue weighted by Gasteiger charge is 2.52. The van der Waals surface area contributed by atoms with Crippen molar-refractivity contribution >= 4 is 16.7 Å². The molecule has 1 N–H and O–H groups in total. The number of hydrazine groups is 1. The molecular weight excluding hydrogens is 345 g/mol. The van der Waals surface area contributed by atoms with Gasteiger partial charge in [-0.15, -0.1) is 0 Å². The second-order valence-corrected chi connectivity index (χ2v) is 7.07. The fourth-order valence-electron chi connectivity index (χ4n) is 3.23. The van der Waals surface area contributed by atoms with E-state index in [2.05, 4.69) is 5.43 Å². The third-order valence-corrected chi connectivity index (χ3v) is 4.52. The number of halogens is 3. The van der Waals surface area contributed by atoms with E-state index in [0.29, 0.717) is 5.39 Å². The van der Waals surface area contributed by atoms with Crippen LogP contribution in [0.2, 0.25) is 0 Å². The first kappa shape index (κ1) is 18.5. The van der Waals surface area contributed by atoms with Gasteiger partial charge in [0.1, 0.15) is 5.75 Å². The number of carbonyl (C=O) groups is 1. The summed E-state index contributed by atoms with van der Waals surface area (Å²) in [5, 5.41) is 2.45. The standard InChI is InChI=1S/C19H21F3N2O2/c1-4-26-15-10-13-8-6-5-7-12(13)9-14(15)16(19(20,21)22)24-11-18(2,3)17(25)23-24/h5-10,16H,4,11H2,1-3H3,(H,23,25). The third-order valence-electron chi connectivity index (χ3n) is 4.52. The van der Waals surface area contributed by atoms with E-state index in [-0.39, 0.29) is 24.5 Å². The number of alkyl halides is 3. The summed E-state index contributed by atoms with van der Waals surface area (Å²) in [5.74, 6) is -0.252. The minimum absolute atomic E-state index is 0.00366. The molecule has 0 spiro atoms. The Morgan fingerprint density at radius 1 is 1.23 bits per heavy atom. The molecule has 1 aliphatic heterocycles. The molecule has 0 aliphatic carbocycles. The number of ether oxygens (including phenoxy) is 1. The number of nitrogens with zero attached hydrogens (tertiary/aromatic N) is 1. The molecule has 2 aromatic rings. The van der Waals surface area contributed by atoms with Crippen molar-refractivity contribution in [1.29, 1.82) is 0 Å². The number of hydrogen-bond donors (Lipinski definition) is 1. The predicted molar refractivity (Wildman–Crippen MR) is 92.5 cm³/mol. The SMILES string of the molecule is CCOc1cc2ccccc2cc1C(N1CC(C)(C)C(=O)N1)C(F)(F)F. The average Bonchev–Trinajstić information content (AvgIpc) is 2.79. The first-order chi connectivity index (χ1) is 12.1. The normalized spacial score (nSPS) is 18.8. The van der Waals surface area contributed by atoms with Crippen LogP contribution in [0.4, 0.5) is 13.2 Å². The molecule has 7 heteroatoms. The molecule has 1 atom stereocenters. The van der Waals surface area contributed by atoms with E-state index >= 15 is 0 Å². The van der Waals surface area contributed by atoms with Gasteiger partial charge in [0.05, 0.1) is 12.0 Å². The number of amides is 1. The highest BCUT2D eigenvalue weighted by Crippen LogP contribution is 2.44. The van der Waals surface area contributed by atoms with Crippen LogP contribution < -0.4 is 10.2 Å². The van der Waals surface area contributed by atoms with E-state index in [1.807, 2.05) is 12.1 Å². The smallest absolute Gasteiger partial charge is 0.410 e. The summed E-state index contributed by atoms with van der Waals surface area (Å²) in [6.45, 7) is 5.17. The van der Waals surface area contributed by atoms with Crippen LogP contribution in [0.3, 0.4) is 0 Å². The van der Waals surface area contributed by atoms with Gasteiger partial charge >= 0.3 is 6.18 Å². The van der Waals surface area contributed by atoms with Crippen LogP contribution in [0, 0.1) is 5.41 Å². The Bertz CT molecular complexity index is 833. The topological polar surface area (TPSA) is 41.6 Å². The number of fused-ring (bicyclic) bond motifs is 1. The van der Waals surface area contributed by atoms with Crippen LogP contribution in [0.15, 0.2) is 36.4 Å². The summed E-state index contributed by atoms with van der Waals surface area (Å²) in [5.41, 5.74) is 1.49. The molecule has 0 aromatic heterocycles. The maximum Gasteiger partial charge on any atom is 0.410 e. The van der Waals surface area contributed by atoms with Crippen molar-refractivity contribution in [1.82, 2.24) is 10.4 Å². The van der Waals surface area contributed by atoms with Crippen molar-refractivity contribution in [2.45, 2.75) is 33.0 Å². The Balaban J connectivity index is 2.15. The van der Waals surface area contributed by atoms with Crippen LogP contribution in [0.1, 0.15) is 32.4 Å². The van der Waals surface area contributed by atoms with Crippen LogP contribution in [-0.4, -0.2) is 30.2 Å². The predicted octanol–water partition coefficient (Wildman–Crippen LogP) is 4.21. The van der Waals surface area contributed by atoms with Crippen LogP contribution in [0.25, 0.3) is 10.8 Å². The highest BCUT2D eigenvalue weighted by molar-refractivity contribution is 5.86. The maximum absolute atomic E-state index is 14.0. The van der Waals surface area contributed by atoms with Gasteiger partial charge in [0.2, 0.25) is 5.91 Å². The molecule has 1 amide bonds. The average molecular weight is 366 g/mol. The second-order valence-electron chi connectivity index (χ2n) is 7.07. The summed E-state index contributed by atoms with van der Waals surface area (Å²) < 4.78 is 47.5. The lowest BCUT2D eigenvalue weighted by atomic mass is 9.93. The Morgan fingerprint density at radius 2 is 1.85 bits per heavy atom. The van der Waals surface area contributed by atoms with Gasteiger partial charge < -0.3 is 4.74 Å². The van der Waals surface area contributed by atoms with Crippen molar-refractivity contribution < 1.29 is 22.7 Å². The van der Waals surface area contributed by atoms with E-state index < -0.39 is 23.5 Å². The van der Waals surface area contributed by atoms with Gasteiger partial charge in [-0.05, 0) is 43.7 Å². The molecule has 1 heterocycles. The monoisotopic (exact) mass is 366 g/mol. The van der Waals surface area contributed by atoms with Crippen molar-refractivity contribution in [2.24, 2.45) is 5.41 Å². The first-order valence-electron chi connectivity index (χ1n) is 8.43. The molecule has 1 fully saturated rings. The number of hydrogen-bond acceptors (Lipinski definition) is 3. The van der Waals surface area contributed by atoms with Crippen LogP contribution in [0.5, 0.6) is 5.75 Å². The summed E-state index contributed by atoms with van der Waals surface area (Å²) in [6, 6.07) is 8.31. The zero-order valence-corrected chi connectivity index (χ0v) is 14.9. The van der Waals surface area contributed by atoms with Crippen LogP contribution >= 0.6 is 0 Å². The second kappa shape index (κ2) is 6.46. The lowest BCUT2D eigenvalue weighted by Gasteiger charge is -2.31. The maximum atomic E-state index is 14.0. The highest BCUT2D eigenvalue weighted by atomic mass is 19.4. The fraction of sp³-hybridized carbons (Fsp3) is 0.421. The zero-order valence-electron chi connectivity index (χ0n) is 14.9. The Kier molecular flexibility index (Phi) is 4.60.